The highest BCUT2D eigenvalue weighted by atomic mass is 15.1. The van der Waals surface area contributed by atoms with Crippen molar-refractivity contribution in [3.8, 4) is 0 Å². The smallest absolute Gasteiger partial charge is 0.0108 e. The molecule has 2 rings (SSSR count). The van der Waals surface area contributed by atoms with Crippen LogP contribution in [0.2, 0.25) is 0 Å². The van der Waals surface area contributed by atoms with E-state index >= 15 is 0 Å². The molecule has 1 aliphatic carbocycles. The zero-order valence-electron chi connectivity index (χ0n) is 9.86. The van der Waals surface area contributed by atoms with E-state index < -0.39 is 0 Å². The van der Waals surface area contributed by atoms with Crippen LogP contribution in [0.15, 0.2) is 0 Å². The maximum absolute atomic E-state index is 6.39. The molecule has 1 saturated heterocycles. The number of nitrogens with two attached hydrogens (primary N) is 2. The summed E-state index contributed by atoms with van der Waals surface area (Å²) in [4.78, 5) is 2.40. The highest BCUT2D eigenvalue weighted by Crippen LogP contribution is 2.31. The van der Waals surface area contributed by atoms with Crippen molar-refractivity contribution in [1.29, 1.82) is 0 Å². The molecule has 88 valence electrons. The quantitative estimate of drug-likeness (QED) is 0.710. The number of hydrogen-bond acceptors (Lipinski definition) is 3. The van der Waals surface area contributed by atoms with E-state index in [1.54, 1.807) is 0 Å². The minimum absolute atomic E-state index is 0.419. The average molecular weight is 211 g/mol. The summed E-state index contributed by atoms with van der Waals surface area (Å²) in [5.41, 5.74) is 12.3. The zero-order valence-corrected chi connectivity index (χ0v) is 9.86. The Kier molecular flexibility index (Phi) is 3.65. The van der Waals surface area contributed by atoms with Gasteiger partial charge in [-0.25, -0.2) is 0 Å². The Labute approximate surface area is 93.2 Å². The highest BCUT2D eigenvalue weighted by molar-refractivity contribution is 4.89. The first kappa shape index (κ1) is 11.4. The van der Waals surface area contributed by atoms with Crippen LogP contribution in [0.1, 0.15) is 32.1 Å². The van der Waals surface area contributed by atoms with Gasteiger partial charge in [-0.05, 0) is 57.5 Å². The number of hydrogen-bond donors (Lipinski definition) is 2. The fraction of sp³-hybridized carbons (Fsp3) is 1.00. The number of likely N-dealkylation sites (tertiary alicyclic amines) is 1. The normalized spacial score (nSPS) is 40.6. The summed E-state index contributed by atoms with van der Waals surface area (Å²) in [5, 5.41) is 0. The monoisotopic (exact) mass is 211 g/mol. The Bertz CT molecular complexity index is 199. The van der Waals surface area contributed by atoms with E-state index in [1.807, 2.05) is 0 Å². The Morgan fingerprint density at radius 1 is 1.07 bits per heavy atom. The van der Waals surface area contributed by atoms with E-state index in [4.69, 9.17) is 11.5 Å². The van der Waals surface area contributed by atoms with Gasteiger partial charge in [0.1, 0.15) is 0 Å². The third-order valence-corrected chi connectivity index (χ3v) is 4.33. The van der Waals surface area contributed by atoms with Gasteiger partial charge >= 0.3 is 0 Å². The molecule has 3 nitrogen and oxygen atoms in total. The lowest BCUT2D eigenvalue weighted by molar-refractivity contribution is 0.230. The molecule has 2 atom stereocenters. The molecule has 0 bridgehead atoms. The van der Waals surface area contributed by atoms with Gasteiger partial charge in [0.05, 0.1) is 0 Å². The van der Waals surface area contributed by atoms with Crippen LogP contribution in [0, 0.1) is 11.8 Å². The lowest BCUT2D eigenvalue weighted by atomic mass is 9.77. The maximum Gasteiger partial charge on any atom is 0.0108 e. The Morgan fingerprint density at radius 3 is 2.27 bits per heavy atom. The SMILES string of the molecule is CN1CCC(C(N)C2CCC(N)CC2)C1. The second-order valence-corrected chi connectivity index (χ2v) is 5.56. The maximum atomic E-state index is 6.39. The molecule has 0 aromatic heterocycles. The summed E-state index contributed by atoms with van der Waals surface area (Å²) < 4.78 is 0. The predicted octanol–water partition coefficient (Wildman–Crippen LogP) is 0.783. The van der Waals surface area contributed by atoms with E-state index in [1.165, 1.54) is 45.2 Å². The summed E-state index contributed by atoms with van der Waals surface area (Å²) in [7, 11) is 2.20. The standard InChI is InChI=1S/C12H25N3/c1-15-7-6-10(8-15)12(14)9-2-4-11(13)5-3-9/h9-12H,2-8,13-14H2,1H3. The number of rotatable bonds is 2. The second-order valence-electron chi connectivity index (χ2n) is 5.56. The molecule has 0 aromatic rings. The average Bonchev–Trinajstić information content (AvgIpc) is 2.65. The Morgan fingerprint density at radius 2 is 1.73 bits per heavy atom. The molecule has 15 heavy (non-hydrogen) atoms. The summed E-state index contributed by atoms with van der Waals surface area (Å²) in [5.74, 6) is 1.47. The molecule has 2 fully saturated rings. The van der Waals surface area contributed by atoms with Crippen molar-refractivity contribution >= 4 is 0 Å². The van der Waals surface area contributed by atoms with Gasteiger partial charge < -0.3 is 16.4 Å². The molecule has 1 heterocycles. The molecule has 4 N–H and O–H groups in total. The predicted molar refractivity (Wildman–Crippen MR) is 63.5 cm³/mol. The van der Waals surface area contributed by atoms with E-state index in [2.05, 4.69) is 11.9 Å². The number of nitrogens with zero attached hydrogens (tertiary/aromatic N) is 1. The summed E-state index contributed by atoms with van der Waals surface area (Å²) >= 11 is 0. The fourth-order valence-electron chi connectivity index (χ4n) is 3.20. The fourth-order valence-corrected chi connectivity index (χ4v) is 3.20. The van der Waals surface area contributed by atoms with Gasteiger partial charge in [0.15, 0.2) is 0 Å². The first-order valence-electron chi connectivity index (χ1n) is 6.36. The summed E-state index contributed by atoms with van der Waals surface area (Å²) in [6, 6.07) is 0.863. The van der Waals surface area contributed by atoms with Gasteiger partial charge in [0.2, 0.25) is 0 Å². The van der Waals surface area contributed by atoms with E-state index in [0.717, 1.165) is 11.8 Å². The van der Waals surface area contributed by atoms with E-state index in [9.17, 15) is 0 Å². The molecule has 0 amide bonds. The van der Waals surface area contributed by atoms with Gasteiger partial charge in [0, 0.05) is 18.6 Å². The molecule has 0 spiro atoms. The van der Waals surface area contributed by atoms with Crippen LogP contribution in [0.4, 0.5) is 0 Å². The van der Waals surface area contributed by atoms with Crippen LogP contribution in [0.5, 0.6) is 0 Å². The van der Waals surface area contributed by atoms with Crippen molar-refractivity contribution in [3.05, 3.63) is 0 Å². The molecule has 0 aromatic carbocycles. The van der Waals surface area contributed by atoms with Crippen molar-refractivity contribution in [1.82, 2.24) is 4.90 Å². The molecule has 1 aliphatic heterocycles. The lowest BCUT2D eigenvalue weighted by Gasteiger charge is -2.33. The van der Waals surface area contributed by atoms with Crippen molar-refractivity contribution in [2.24, 2.45) is 23.3 Å². The van der Waals surface area contributed by atoms with Crippen LogP contribution in [-0.4, -0.2) is 37.1 Å². The van der Waals surface area contributed by atoms with Crippen LogP contribution in [0.3, 0.4) is 0 Å². The van der Waals surface area contributed by atoms with Crippen molar-refractivity contribution < 1.29 is 0 Å². The lowest BCUT2D eigenvalue weighted by Crippen LogP contribution is -2.42. The third-order valence-electron chi connectivity index (χ3n) is 4.33. The molecule has 0 radical (unpaired) electrons. The topological polar surface area (TPSA) is 55.3 Å². The van der Waals surface area contributed by atoms with Crippen molar-refractivity contribution in [3.63, 3.8) is 0 Å². The third kappa shape index (κ3) is 2.71. The molecular weight excluding hydrogens is 186 g/mol. The Balaban J connectivity index is 1.82. The molecule has 2 aliphatic rings. The summed E-state index contributed by atoms with van der Waals surface area (Å²) in [6.07, 6.45) is 6.16. The first-order valence-corrected chi connectivity index (χ1v) is 6.36. The molecule has 1 saturated carbocycles. The van der Waals surface area contributed by atoms with Crippen LogP contribution >= 0.6 is 0 Å². The molecular formula is C12H25N3. The van der Waals surface area contributed by atoms with Crippen molar-refractivity contribution in [2.45, 2.75) is 44.2 Å². The van der Waals surface area contributed by atoms with Gasteiger partial charge in [0.25, 0.3) is 0 Å². The highest BCUT2D eigenvalue weighted by Gasteiger charge is 2.32. The largest absolute Gasteiger partial charge is 0.328 e. The second kappa shape index (κ2) is 4.81. The zero-order chi connectivity index (χ0) is 10.8. The minimum atomic E-state index is 0.419. The molecule has 2 unspecified atom stereocenters. The van der Waals surface area contributed by atoms with Gasteiger partial charge in [-0.2, -0.15) is 0 Å². The van der Waals surface area contributed by atoms with Crippen LogP contribution in [-0.2, 0) is 0 Å². The van der Waals surface area contributed by atoms with E-state index in [0.29, 0.717) is 12.1 Å². The van der Waals surface area contributed by atoms with Gasteiger partial charge in [-0.1, -0.05) is 0 Å². The van der Waals surface area contributed by atoms with Gasteiger partial charge in [-0.15, -0.1) is 0 Å². The van der Waals surface area contributed by atoms with Crippen LogP contribution < -0.4 is 11.5 Å². The molecule has 3 heteroatoms. The van der Waals surface area contributed by atoms with E-state index in [-0.39, 0.29) is 0 Å². The van der Waals surface area contributed by atoms with Gasteiger partial charge in [-0.3, -0.25) is 0 Å². The minimum Gasteiger partial charge on any atom is -0.328 e. The Hall–Kier alpha value is -0.120. The first-order chi connectivity index (χ1) is 7.16. The van der Waals surface area contributed by atoms with Crippen LogP contribution in [0.25, 0.3) is 0 Å². The summed E-state index contributed by atoms with van der Waals surface area (Å²) in [6.45, 7) is 2.42. The van der Waals surface area contributed by atoms with Crippen molar-refractivity contribution in [2.75, 3.05) is 20.1 Å².